The van der Waals surface area contributed by atoms with E-state index in [0.717, 1.165) is 10.0 Å². The molecule has 0 fully saturated rings. The summed E-state index contributed by atoms with van der Waals surface area (Å²) in [7, 11) is 0. The molecule has 0 unspecified atom stereocenters. The molecule has 5 heteroatoms. The largest absolute Gasteiger partial charge is 0.366 e. The third kappa shape index (κ3) is 3.24. The lowest BCUT2D eigenvalue weighted by Crippen LogP contribution is -2.13. The fourth-order valence-corrected chi connectivity index (χ4v) is 1.95. The number of carbonyl (C=O) groups is 2. The molecule has 4 nitrogen and oxygen atoms in total. The van der Waals surface area contributed by atoms with Crippen LogP contribution >= 0.6 is 15.9 Å². The molecule has 0 heterocycles. The van der Waals surface area contributed by atoms with Gasteiger partial charge in [0.1, 0.15) is 0 Å². The van der Waals surface area contributed by atoms with Gasteiger partial charge in [-0.1, -0.05) is 15.9 Å². The van der Waals surface area contributed by atoms with Crippen LogP contribution in [0.4, 0.5) is 5.69 Å². The van der Waals surface area contributed by atoms with Gasteiger partial charge in [-0.15, -0.1) is 0 Å². The minimum absolute atomic E-state index is 0.201. The topological polar surface area (TPSA) is 72.2 Å². The Morgan fingerprint density at radius 3 is 2.20 bits per heavy atom. The summed E-state index contributed by atoms with van der Waals surface area (Å²) in [6.45, 7) is 1.92. The molecule has 0 radical (unpaired) electrons. The summed E-state index contributed by atoms with van der Waals surface area (Å²) in [4.78, 5) is 23.0. The number of carbonyl (C=O) groups excluding carboxylic acids is 2. The van der Waals surface area contributed by atoms with E-state index >= 15 is 0 Å². The monoisotopic (exact) mass is 332 g/mol. The Labute approximate surface area is 125 Å². The van der Waals surface area contributed by atoms with E-state index < -0.39 is 5.91 Å². The van der Waals surface area contributed by atoms with Crippen LogP contribution in [0.2, 0.25) is 0 Å². The van der Waals surface area contributed by atoms with Gasteiger partial charge >= 0.3 is 0 Å². The van der Waals surface area contributed by atoms with E-state index in [9.17, 15) is 9.59 Å². The smallest absolute Gasteiger partial charge is 0.255 e. The molecule has 0 atom stereocenters. The molecule has 0 bridgehead atoms. The summed E-state index contributed by atoms with van der Waals surface area (Å²) >= 11 is 3.39. The van der Waals surface area contributed by atoms with Crippen LogP contribution in [-0.2, 0) is 0 Å². The predicted molar refractivity (Wildman–Crippen MR) is 81.8 cm³/mol. The molecule has 102 valence electrons. The minimum atomic E-state index is -0.494. The SMILES string of the molecule is Cc1cc(C(=O)Nc2ccc(C(N)=O)cc2)ccc1Br. The predicted octanol–water partition coefficient (Wildman–Crippen LogP) is 3.11. The molecule has 0 aromatic heterocycles. The summed E-state index contributed by atoms with van der Waals surface area (Å²) < 4.78 is 0.958. The molecule has 2 amide bonds. The number of benzene rings is 2. The number of nitrogens with one attached hydrogen (secondary N) is 1. The van der Waals surface area contributed by atoms with Crippen molar-refractivity contribution < 1.29 is 9.59 Å². The number of anilines is 1. The maximum Gasteiger partial charge on any atom is 0.255 e. The molecule has 2 aromatic carbocycles. The van der Waals surface area contributed by atoms with Gasteiger partial charge in [0.2, 0.25) is 5.91 Å². The average molecular weight is 333 g/mol. The van der Waals surface area contributed by atoms with Gasteiger partial charge in [0, 0.05) is 21.3 Å². The number of amides is 2. The number of halogens is 1. The van der Waals surface area contributed by atoms with Gasteiger partial charge in [-0.25, -0.2) is 0 Å². The first-order valence-corrected chi connectivity index (χ1v) is 6.74. The lowest BCUT2D eigenvalue weighted by Gasteiger charge is -2.07. The summed E-state index contributed by atoms with van der Waals surface area (Å²) in [5.74, 6) is -0.696. The number of aryl methyl sites for hydroxylation is 1. The first-order chi connectivity index (χ1) is 9.47. The van der Waals surface area contributed by atoms with Gasteiger partial charge in [-0.3, -0.25) is 9.59 Å². The minimum Gasteiger partial charge on any atom is -0.366 e. The standard InChI is InChI=1S/C15H13BrN2O2/c1-9-8-11(4-7-13(9)16)15(20)18-12-5-2-10(3-6-12)14(17)19/h2-8H,1H3,(H2,17,19)(H,18,20). The van der Waals surface area contributed by atoms with Gasteiger partial charge < -0.3 is 11.1 Å². The van der Waals surface area contributed by atoms with Gasteiger partial charge in [-0.05, 0) is 55.0 Å². The van der Waals surface area contributed by atoms with Crippen molar-refractivity contribution in [3.05, 3.63) is 63.6 Å². The van der Waals surface area contributed by atoms with Gasteiger partial charge in [-0.2, -0.15) is 0 Å². The van der Waals surface area contributed by atoms with Crippen LogP contribution in [0, 0.1) is 6.92 Å². The third-order valence-electron chi connectivity index (χ3n) is 2.85. The lowest BCUT2D eigenvalue weighted by atomic mass is 10.1. The second kappa shape index (κ2) is 5.88. The molecule has 0 saturated heterocycles. The van der Waals surface area contributed by atoms with Crippen molar-refractivity contribution >= 4 is 33.4 Å². The molecule has 2 rings (SSSR count). The third-order valence-corrected chi connectivity index (χ3v) is 3.74. The summed E-state index contributed by atoms with van der Waals surface area (Å²) in [6, 6.07) is 11.8. The quantitative estimate of drug-likeness (QED) is 0.906. The molecule has 0 spiro atoms. The molecule has 0 aliphatic carbocycles. The zero-order valence-electron chi connectivity index (χ0n) is 10.8. The summed E-state index contributed by atoms with van der Waals surface area (Å²) in [5.41, 5.74) is 7.73. The molecule has 20 heavy (non-hydrogen) atoms. The highest BCUT2D eigenvalue weighted by Crippen LogP contribution is 2.18. The molecule has 0 aliphatic rings. The van der Waals surface area contributed by atoms with E-state index in [1.807, 2.05) is 13.0 Å². The van der Waals surface area contributed by atoms with Crippen LogP contribution in [0.3, 0.4) is 0 Å². The number of primary amides is 1. The first kappa shape index (κ1) is 14.3. The Hall–Kier alpha value is -2.14. The van der Waals surface area contributed by atoms with E-state index in [4.69, 9.17) is 5.73 Å². The normalized spacial score (nSPS) is 10.1. The van der Waals surface area contributed by atoms with E-state index in [0.29, 0.717) is 16.8 Å². The van der Waals surface area contributed by atoms with E-state index in [1.54, 1.807) is 36.4 Å². The van der Waals surface area contributed by atoms with Crippen LogP contribution in [-0.4, -0.2) is 11.8 Å². The fraction of sp³-hybridized carbons (Fsp3) is 0.0667. The average Bonchev–Trinajstić information content (AvgIpc) is 2.42. The molecular formula is C15H13BrN2O2. The van der Waals surface area contributed by atoms with Crippen LogP contribution < -0.4 is 11.1 Å². The molecule has 3 N–H and O–H groups in total. The van der Waals surface area contributed by atoms with Gasteiger partial charge in [0.25, 0.3) is 5.91 Å². The Balaban J connectivity index is 2.14. The second-order valence-electron chi connectivity index (χ2n) is 4.36. The first-order valence-electron chi connectivity index (χ1n) is 5.95. The lowest BCUT2D eigenvalue weighted by molar-refractivity contribution is 0.0998. The van der Waals surface area contributed by atoms with Crippen molar-refractivity contribution in [3.8, 4) is 0 Å². The number of hydrogen-bond donors (Lipinski definition) is 2. The Morgan fingerprint density at radius 1 is 1.05 bits per heavy atom. The Morgan fingerprint density at radius 2 is 1.65 bits per heavy atom. The number of nitrogens with two attached hydrogens (primary N) is 1. The van der Waals surface area contributed by atoms with Crippen molar-refractivity contribution in [1.82, 2.24) is 0 Å². The molecular weight excluding hydrogens is 320 g/mol. The van der Waals surface area contributed by atoms with Crippen LogP contribution in [0.25, 0.3) is 0 Å². The van der Waals surface area contributed by atoms with Crippen LogP contribution in [0.1, 0.15) is 26.3 Å². The summed E-state index contributed by atoms with van der Waals surface area (Å²) in [5, 5.41) is 2.76. The molecule has 0 saturated carbocycles. The maximum atomic E-state index is 12.1. The maximum absolute atomic E-state index is 12.1. The number of hydrogen-bond acceptors (Lipinski definition) is 2. The Kier molecular flexibility index (Phi) is 4.20. The van der Waals surface area contributed by atoms with Crippen molar-refractivity contribution in [1.29, 1.82) is 0 Å². The van der Waals surface area contributed by atoms with Gasteiger partial charge in [0.15, 0.2) is 0 Å². The zero-order chi connectivity index (χ0) is 14.7. The van der Waals surface area contributed by atoms with E-state index in [2.05, 4.69) is 21.2 Å². The molecule has 2 aromatic rings. The van der Waals surface area contributed by atoms with Crippen molar-refractivity contribution in [2.75, 3.05) is 5.32 Å². The van der Waals surface area contributed by atoms with Crippen molar-refractivity contribution in [2.45, 2.75) is 6.92 Å². The van der Waals surface area contributed by atoms with Gasteiger partial charge in [0.05, 0.1) is 0 Å². The number of rotatable bonds is 3. The highest BCUT2D eigenvalue weighted by Gasteiger charge is 2.08. The van der Waals surface area contributed by atoms with Crippen LogP contribution in [0.5, 0.6) is 0 Å². The van der Waals surface area contributed by atoms with E-state index in [1.165, 1.54) is 0 Å². The second-order valence-corrected chi connectivity index (χ2v) is 5.21. The fourth-order valence-electron chi connectivity index (χ4n) is 1.71. The van der Waals surface area contributed by atoms with Crippen molar-refractivity contribution in [2.24, 2.45) is 5.73 Å². The van der Waals surface area contributed by atoms with Crippen molar-refractivity contribution in [3.63, 3.8) is 0 Å². The highest BCUT2D eigenvalue weighted by molar-refractivity contribution is 9.10. The highest BCUT2D eigenvalue weighted by atomic mass is 79.9. The zero-order valence-corrected chi connectivity index (χ0v) is 12.4. The van der Waals surface area contributed by atoms with E-state index in [-0.39, 0.29) is 5.91 Å². The molecule has 0 aliphatic heterocycles. The summed E-state index contributed by atoms with van der Waals surface area (Å²) in [6.07, 6.45) is 0. The van der Waals surface area contributed by atoms with Crippen LogP contribution in [0.15, 0.2) is 46.9 Å². The Bertz CT molecular complexity index is 666.